The number of rotatable bonds is 5. The van der Waals surface area contributed by atoms with Gasteiger partial charge in [0.2, 0.25) is 0 Å². The second-order valence-corrected chi connectivity index (χ2v) is 5.68. The van der Waals surface area contributed by atoms with Crippen LogP contribution in [0.5, 0.6) is 0 Å². The van der Waals surface area contributed by atoms with Gasteiger partial charge in [-0.2, -0.15) is 0 Å². The SMILES string of the molecule is CCC1CCC(CNCC2CCOC2)CC1. The molecule has 0 bridgehead atoms. The first-order valence-corrected chi connectivity index (χ1v) is 7.17. The van der Waals surface area contributed by atoms with Crippen molar-refractivity contribution < 1.29 is 4.74 Å². The average Bonchev–Trinajstić information content (AvgIpc) is 2.83. The molecule has 2 heteroatoms. The Bertz CT molecular complexity index is 181. The van der Waals surface area contributed by atoms with E-state index in [0.717, 1.165) is 31.0 Å². The summed E-state index contributed by atoms with van der Waals surface area (Å²) in [5, 5.41) is 3.65. The highest BCUT2D eigenvalue weighted by Gasteiger charge is 2.20. The van der Waals surface area contributed by atoms with Gasteiger partial charge in [0.1, 0.15) is 0 Å². The largest absolute Gasteiger partial charge is 0.381 e. The van der Waals surface area contributed by atoms with Crippen molar-refractivity contribution in [3.05, 3.63) is 0 Å². The third-order valence-electron chi connectivity index (χ3n) is 4.43. The molecule has 2 nitrogen and oxygen atoms in total. The van der Waals surface area contributed by atoms with E-state index in [9.17, 15) is 0 Å². The number of hydrogen-bond acceptors (Lipinski definition) is 2. The van der Waals surface area contributed by atoms with Gasteiger partial charge in [-0.05, 0) is 43.6 Å². The van der Waals surface area contributed by atoms with Gasteiger partial charge < -0.3 is 10.1 Å². The smallest absolute Gasteiger partial charge is 0.0507 e. The summed E-state index contributed by atoms with van der Waals surface area (Å²) in [7, 11) is 0. The summed E-state index contributed by atoms with van der Waals surface area (Å²) in [6.45, 7) is 6.72. The molecule has 1 aliphatic carbocycles. The van der Waals surface area contributed by atoms with Gasteiger partial charge in [-0.1, -0.05) is 26.2 Å². The van der Waals surface area contributed by atoms with Crippen molar-refractivity contribution in [2.75, 3.05) is 26.3 Å². The summed E-state index contributed by atoms with van der Waals surface area (Å²) < 4.78 is 5.39. The highest BCUT2D eigenvalue weighted by molar-refractivity contribution is 4.74. The fourth-order valence-corrected chi connectivity index (χ4v) is 3.08. The molecular formula is C14H27NO. The molecular weight excluding hydrogens is 198 g/mol. The van der Waals surface area contributed by atoms with Crippen molar-refractivity contribution in [1.82, 2.24) is 5.32 Å². The maximum absolute atomic E-state index is 5.39. The molecule has 1 N–H and O–H groups in total. The van der Waals surface area contributed by atoms with Crippen molar-refractivity contribution in [2.45, 2.75) is 45.4 Å². The molecule has 0 radical (unpaired) electrons. The van der Waals surface area contributed by atoms with Crippen LogP contribution in [0.1, 0.15) is 45.4 Å². The van der Waals surface area contributed by atoms with Gasteiger partial charge in [-0.15, -0.1) is 0 Å². The third kappa shape index (κ3) is 3.74. The van der Waals surface area contributed by atoms with Crippen LogP contribution in [0.25, 0.3) is 0 Å². The van der Waals surface area contributed by atoms with Gasteiger partial charge in [0.25, 0.3) is 0 Å². The van der Waals surface area contributed by atoms with E-state index in [1.54, 1.807) is 0 Å². The van der Waals surface area contributed by atoms with Crippen molar-refractivity contribution in [1.29, 1.82) is 0 Å². The van der Waals surface area contributed by atoms with Crippen LogP contribution in [0.15, 0.2) is 0 Å². The zero-order valence-electron chi connectivity index (χ0n) is 10.7. The summed E-state index contributed by atoms with van der Waals surface area (Å²) in [6, 6.07) is 0. The van der Waals surface area contributed by atoms with Crippen molar-refractivity contribution in [3.63, 3.8) is 0 Å². The van der Waals surface area contributed by atoms with Crippen molar-refractivity contribution >= 4 is 0 Å². The predicted molar refractivity (Wildman–Crippen MR) is 67.5 cm³/mol. The lowest BCUT2D eigenvalue weighted by molar-refractivity contribution is 0.184. The molecule has 1 saturated heterocycles. The number of nitrogens with one attached hydrogen (secondary N) is 1. The van der Waals surface area contributed by atoms with Gasteiger partial charge >= 0.3 is 0 Å². The van der Waals surface area contributed by atoms with Gasteiger partial charge in [0.15, 0.2) is 0 Å². The Balaban J connectivity index is 1.53. The summed E-state index contributed by atoms with van der Waals surface area (Å²) in [5.74, 6) is 2.76. The van der Waals surface area contributed by atoms with Gasteiger partial charge in [0.05, 0.1) is 6.61 Å². The topological polar surface area (TPSA) is 21.3 Å². The van der Waals surface area contributed by atoms with E-state index in [2.05, 4.69) is 12.2 Å². The highest BCUT2D eigenvalue weighted by atomic mass is 16.5. The molecule has 1 atom stereocenters. The molecule has 2 fully saturated rings. The Morgan fingerprint density at radius 1 is 0.938 bits per heavy atom. The molecule has 94 valence electrons. The first-order valence-electron chi connectivity index (χ1n) is 7.17. The fourth-order valence-electron chi connectivity index (χ4n) is 3.08. The van der Waals surface area contributed by atoms with Crippen LogP contribution in [-0.2, 0) is 4.74 Å². The molecule has 0 aromatic carbocycles. The fraction of sp³-hybridized carbons (Fsp3) is 1.00. The lowest BCUT2D eigenvalue weighted by Crippen LogP contribution is -2.30. The van der Waals surface area contributed by atoms with Crippen LogP contribution in [-0.4, -0.2) is 26.3 Å². The summed E-state index contributed by atoms with van der Waals surface area (Å²) in [4.78, 5) is 0. The Hall–Kier alpha value is -0.0800. The molecule has 0 aromatic rings. The zero-order valence-corrected chi connectivity index (χ0v) is 10.7. The first kappa shape index (κ1) is 12.4. The van der Waals surface area contributed by atoms with Crippen LogP contribution >= 0.6 is 0 Å². The lowest BCUT2D eigenvalue weighted by atomic mass is 9.81. The lowest BCUT2D eigenvalue weighted by Gasteiger charge is -2.28. The summed E-state index contributed by atoms with van der Waals surface area (Å²) in [5.41, 5.74) is 0. The van der Waals surface area contributed by atoms with E-state index in [0.29, 0.717) is 0 Å². The maximum Gasteiger partial charge on any atom is 0.0507 e. The van der Waals surface area contributed by atoms with E-state index in [1.165, 1.54) is 51.6 Å². The third-order valence-corrected chi connectivity index (χ3v) is 4.43. The van der Waals surface area contributed by atoms with Crippen LogP contribution < -0.4 is 5.32 Å². The van der Waals surface area contributed by atoms with E-state index < -0.39 is 0 Å². The Labute approximate surface area is 100 Å². The molecule has 2 aliphatic rings. The molecule has 0 amide bonds. The second-order valence-electron chi connectivity index (χ2n) is 5.68. The Morgan fingerprint density at radius 2 is 1.62 bits per heavy atom. The molecule has 1 unspecified atom stereocenters. The van der Waals surface area contributed by atoms with Gasteiger partial charge in [-0.3, -0.25) is 0 Å². The molecule has 0 aromatic heterocycles. The van der Waals surface area contributed by atoms with Crippen molar-refractivity contribution in [2.24, 2.45) is 17.8 Å². The minimum absolute atomic E-state index is 0.784. The average molecular weight is 225 g/mol. The van der Waals surface area contributed by atoms with Crippen LogP contribution in [0.3, 0.4) is 0 Å². The van der Waals surface area contributed by atoms with Gasteiger partial charge in [-0.25, -0.2) is 0 Å². The number of ether oxygens (including phenoxy) is 1. The standard InChI is InChI=1S/C14H27NO/c1-2-12-3-5-13(6-4-12)9-15-10-14-7-8-16-11-14/h12-15H,2-11H2,1H3. The highest BCUT2D eigenvalue weighted by Crippen LogP contribution is 2.30. The second kappa shape index (κ2) is 6.61. The Morgan fingerprint density at radius 3 is 2.25 bits per heavy atom. The molecule has 1 saturated carbocycles. The van der Waals surface area contributed by atoms with Gasteiger partial charge in [0, 0.05) is 13.2 Å². The molecule has 2 rings (SSSR count). The van der Waals surface area contributed by atoms with E-state index in [4.69, 9.17) is 4.74 Å². The molecule has 0 spiro atoms. The van der Waals surface area contributed by atoms with E-state index >= 15 is 0 Å². The van der Waals surface area contributed by atoms with Crippen LogP contribution in [0.4, 0.5) is 0 Å². The minimum atomic E-state index is 0.784. The predicted octanol–water partition coefficient (Wildman–Crippen LogP) is 2.83. The normalized spacial score (nSPS) is 35.4. The molecule has 1 heterocycles. The number of hydrogen-bond donors (Lipinski definition) is 1. The van der Waals surface area contributed by atoms with E-state index in [1.807, 2.05) is 0 Å². The first-order chi connectivity index (χ1) is 7.88. The summed E-state index contributed by atoms with van der Waals surface area (Å²) >= 11 is 0. The molecule has 1 aliphatic heterocycles. The quantitative estimate of drug-likeness (QED) is 0.777. The van der Waals surface area contributed by atoms with E-state index in [-0.39, 0.29) is 0 Å². The minimum Gasteiger partial charge on any atom is -0.381 e. The zero-order chi connectivity index (χ0) is 11.2. The van der Waals surface area contributed by atoms with Crippen LogP contribution in [0.2, 0.25) is 0 Å². The summed E-state index contributed by atoms with van der Waals surface area (Å²) in [6.07, 6.45) is 8.49. The van der Waals surface area contributed by atoms with Crippen molar-refractivity contribution in [3.8, 4) is 0 Å². The van der Waals surface area contributed by atoms with Crippen LogP contribution in [0, 0.1) is 17.8 Å². The Kier molecular flexibility index (Phi) is 5.11. The molecule has 16 heavy (non-hydrogen) atoms. The monoisotopic (exact) mass is 225 g/mol. The maximum atomic E-state index is 5.39.